The minimum atomic E-state index is 0.127. The molecule has 0 aliphatic heterocycles. The number of benzene rings is 1. The predicted molar refractivity (Wildman–Crippen MR) is 70.2 cm³/mol. The largest absolute Gasteiger partial charge is 0.383 e. The molecule has 0 fully saturated rings. The molecular formula is C12H16BrN3. The lowest BCUT2D eigenvalue weighted by molar-refractivity contribution is 0.511. The first kappa shape index (κ1) is 13.0. The van der Waals surface area contributed by atoms with Gasteiger partial charge in [-0.05, 0) is 40.0 Å². The highest BCUT2D eigenvalue weighted by Crippen LogP contribution is 2.23. The standard InChI is InChI=1S/C12H16BrN3/c1-8(2)11(15)7-16-12-4-3-9(6-14)5-10(12)13/h3-5,8,11,16H,7,15H2,1-2H3. The fraction of sp³-hybridized carbons (Fsp3) is 0.417. The normalized spacial score (nSPS) is 12.2. The Balaban J connectivity index is 2.65. The van der Waals surface area contributed by atoms with Gasteiger partial charge in [0, 0.05) is 22.7 Å². The van der Waals surface area contributed by atoms with Crippen LogP contribution in [0.25, 0.3) is 0 Å². The number of nitrogens with two attached hydrogens (primary N) is 1. The van der Waals surface area contributed by atoms with Gasteiger partial charge in [-0.3, -0.25) is 0 Å². The third-order valence-electron chi connectivity index (χ3n) is 2.48. The van der Waals surface area contributed by atoms with Gasteiger partial charge in [-0.25, -0.2) is 0 Å². The summed E-state index contributed by atoms with van der Waals surface area (Å²) in [7, 11) is 0. The van der Waals surface area contributed by atoms with E-state index in [1.807, 2.05) is 6.07 Å². The summed E-state index contributed by atoms with van der Waals surface area (Å²) in [6.45, 7) is 4.92. The first-order valence-corrected chi connectivity index (χ1v) is 6.03. The van der Waals surface area contributed by atoms with E-state index in [0.717, 1.165) is 16.7 Å². The highest BCUT2D eigenvalue weighted by Gasteiger charge is 2.08. The fourth-order valence-corrected chi connectivity index (χ4v) is 1.71. The Labute approximate surface area is 105 Å². The van der Waals surface area contributed by atoms with Crippen molar-refractivity contribution >= 4 is 21.6 Å². The molecular weight excluding hydrogens is 266 g/mol. The molecule has 3 N–H and O–H groups in total. The van der Waals surface area contributed by atoms with E-state index in [4.69, 9.17) is 11.0 Å². The van der Waals surface area contributed by atoms with E-state index in [2.05, 4.69) is 41.2 Å². The van der Waals surface area contributed by atoms with Gasteiger partial charge in [-0.15, -0.1) is 0 Å². The SMILES string of the molecule is CC(C)C(N)CNc1ccc(C#N)cc1Br. The maximum absolute atomic E-state index is 8.73. The van der Waals surface area contributed by atoms with E-state index in [9.17, 15) is 0 Å². The molecule has 1 atom stereocenters. The lowest BCUT2D eigenvalue weighted by Crippen LogP contribution is -2.34. The number of hydrogen-bond acceptors (Lipinski definition) is 3. The third kappa shape index (κ3) is 3.51. The lowest BCUT2D eigenvalue weighted by Gasteiger charge is -2.17. The first-order valence-electron chi connectivity index (χ1n) is 5.23. The van der Waals surface area contributed by atoms with E-state index >= 15 is 0 Å². The second-order valence-corrected chi connectivity index (χ2v) is 4.95. The third-order valence-corrected chi connectivity index (χ3v) is 3.14. The average molecular weight is 282 g/mol. The van der Waals surface area contributed by atoms with Crippen molar-refractivity contribution < 1.29 is 0 Å². The number of rotatable bonds is 4. The maximum atomic E-state index is 8.73. The van der Waals surface area contributed by atoms with E-state index < -0.39 is 0 Å². The van der Waals surface area contributed by atoms with Crippen molar-refractivity contribution in [1.29, 1.82) is 5.26 Å². The number of hydrogen-bond donors (Lipinski definition) is 2. The number of anilines is 1. The Bertz CT molecular complexity index is 396. The van der Waals surface area contributed by atoms with Crippen molar-refractivity contribution in [3.63, 3.8) is 0 Å². The molecule has 1 aromatic rings. The van der Waals surface area contributed by atoms with Gasteiger partial charge in [0.25, 0.3) is 0 Å². The van der Waals surface area contributed by atoms with Gasteiger partial charge >= 0.3 is 0 Å². The Morgan fingerprint density at radius 2 is 2.19 bits per heavy atom. The molecule has 0 saturated heterocycles. The van der Waals surface area contributed by atoms with E-state index in [1.165, 1.54) is 0 Å². The second kappa shape index (κ2) is 5.88. The number of halogens is 1. The Hall–Kier alpha value is -1.05. The zero-order chi connectivity index (χ0) is 12.1. The summed E-state index contributed by atoms with van der Waals surface area (Å²) >= 11 is 3.42. The molecule has 1 rings (SSSR count). The molecule has 0 aromatic heterocycles. The van der Waals surface area contributed by atoms with Crippen LogP contribution in [0.5, 0.6) is 0 Å². The molecule has 0 aliphatic carbocycles. The van der Waals surface area contributed by atoms with Crippen molar-refractivity contribution in [2.45, 2.75) is 19.9 Å². The molecule has 1 aromatic carbocycles. The van der Waals surface area contributed by atoms with Crippen LogP contribution in [0.4, 0.5) is 5.69 Å². The molecule has 0 spiro atoms. The zero-order valence-electron chi connectivity index (χ0n) is 9.50. The van der Waals surface area contributed by atoms with E-state index in [-0.39, 0.29) is 6.04 Å². The van der Waals surface area contributed by atoms with Crippen LogP contribution in [0, 0.1) is 17.2 Å². The van der Waals surface area contributed by atoms with E-state index in [0.29, 0.717) is 11.5 Å². The molecule has 0 bridgehead atoms. The highest BCUT2D eigenvalue weighted by molar-refractivity contribution is 9.10. The van der Waals surface area contributed by atoms with Gasteiger partial charge in [0.05, 0.1) is 11.6 Å². The number of nitrogens with zero attached hydrogens (tertiary/aromatic N) is 1. The molecule has 0 amide bonds. The van der Waals surface area contributed by atoms with Crippen LogP contribution in [0.3, 0.4) is 0 Å². The number of nitriles is 1. The lowest BCUT2D eigenvalue weighted by atomic mass is 10.1. The van der Waals surface area contributed by atoms with Crippen LogP contribution in [-0.2, 0) is 0 Å². The summed E-state index contributed by atoms with van der Waals surface area (Å²) in [5.41, 5.74) is 7.55. The minimum absolute atomic E-state index is 0.127. The average Bonchev–Trinajstić information content (AvgIpc) is 2.26. The van der Waals surface area contributed by atoms with Gasteiger partial charge in [-0.1, -0.05) is 13.8 Å². The first-order chi connectivity index (χ1) is 7.54. The molecule has 0 radical (unpaired) electrons. The molecule has 16 heavy (non-hydrogen) atoms. The minimum Gasteiger partial charge on any atom is -0.383 e. The molecule has 4 heteroatoms. The van der Waals surface area contributed by atoms with Crippen molar-refractivity contribution in [2.24, 2.45) is 11.7 Å². The second-order valence-electron chi connectivity index (χ2n) is 4.10. The van der Waals surface area contributed by atoms with Crippen molar-refractivity contribution in [3.05, 3.63) is 28.2 Å². The summed E-state index contributed by atoms with van der Waals surface area (Å²) < 4.78 is 0.891. The van der Waals surface area contributed by atoms with Crippen LogP contribution in [0.15, 0.2) is 22.7 Å². The van der Waals surface area contributed by atoms with E-state index in [1.54, 1.807) is 12.1 Å². The molecule has 86 valence electrons. The van der Waals surface area contributed by atoms with Crippen LogP contribution in [-0.4, -0.2) is 12.6 Å². The van der Waals surface area contributed by atoms with Crippen molar-refractivity contribution in [1.82, 2.24) is 0 Å². The topological polar surface area (TPSA) is 61.8 Å². The molecule has 3 nitrogen and oxygen atoms in total. The van der Waals surface area contributed by atoms with Crippen molar-refractivity contribution in [2.75, 3.05) is 11.9 Å². The molecule has 1 unspecified atom stereocenters. The van der Waals surface area contributed by atoms with Gasteiger partial charge < -0.3 is 11.1 Å². The van der Waals surface area contributed by atoms with Gasteiger partial charge in [0.1, 0.15) is 0 Å². The predicted octanol–water partition coefficient (Wildman–Crippen LogP) is 2.72. The fourth-order valence-electron chi connectivity index (χ4n) is 1.19. The van der Waals surface area contributed by atoms with Crippen LogP contribution in [0.1, 0.15) is 19.4 Å². The summed E-state index contributed by atoms with van der Waals surface area (Å²) in [5, 5.41) is 12.0. The Morgan fingerprint density at radius 3 is 2.69 bits per heavy atom. The molecule has 0 heterocycles. The molecule has 0 aliphatic rings. The van der Waals surface area contributed by atoms with Crippen molar-refractivity contribution in [3.8, 4) is 6.07 Å². The molecule has 0 saturated carbocycles. The maximum Gasteiger partial charge on any atom is 0.0992 e. The van der Waals surface area contributed by atoms with Crippen LogP contribution >= 0.6 is 15.9 Å². The van der Waals surface area contributed by atoms with Gasteiger partial charge in [-0.2, -0.15) is 5.26 Å². The highest BCUT2D eigenvalue weighted by atomic mass is 79.9. The van der Waals surface area contributed by atoms with Crippen LogP contribution < -0.4 is 11.1 Å². The summed E-state index contributed by atoms with van der Waals surface area (Å²) in [6, 6.07) is 7.69. The van der Waals surface area contributed by atoms with Crippen LogP contribution in [0.2, 0.25) is 0 Å². The quantitative estimate of drug-likeness (QED) is 0.892. The summed E-state index contributed by atoms with van der Waals surface area (Å²) in [4.78, 5) is 0. The Morgan fingerprint density at radius 1 is 1.50 bits per heavy atom. The number of nitrogens with one attached hydrogen (secondary N) is 1. The Kier molecular flexibility index (Phi) is 4.78. The smallest absolute Gasteiger partial charge is 0.0992 e. The van der Waals surface area contributed by atoms with Gasteiger partial charge in [0.15, 0.2) is 0 Å². The summed E-state index contributed by atoms with van der Waals surface area (Å²) in [6.07, 6.45) is 0. The zero-order valence-corrected chi connectivity index (χ0v) is 11.1. The van der Waals surface area contributed by atoms with Gasteiger partial charge in [0.2, 0.25) is 0 Å². The summed E-state index contributed by atoms with van der Waals surface area (Å²) in [5.74, 6) is 0.449. The monoisotopic (exact) mass is 281 g/mol.